The average molecular weight is 247 g/mol. The van der Waals surface area contributed by atoms with Gasteiger partial charge in [0.25, 0.3) is 0 Å². The van der Waals surface area contributed by atoms with Gasteiger partial charge in [0.1, 0.15) is 6.04 Å². The van der Waals surface area contributed by atoms with E-state index in [1.807, 2.05) is 0 Å². The van der Waals surface area contributed by atoms with Crippen molar-refractivity contribution in [1.82, 2.24) is 4.90 Å². The highest BCUT2D eigenvalue weighted by atomic mass is 16.4. The molecule has 98 valence electrons. The molecule has 0 radical (unpaired) electrons. The Bertz CT molecular complexity index is 436. The van der Waals surface area contributed by atoms with Crippen LogP contribution in [0.25, 0.3) is 0 Å². The first-order chi connectivity index (χ1) is 8.49. The van der Waals surface area contributed by atoms with Gasteiger partial charge in [-0.2, -0.15) is 0 Å². The van der Waals surface area contributed by atoms with Crippen LogP contribution in [0.15, 0.2) is 18.2 Å². The maximum Gasteiger partial charge on any atom is 0.320 e. The first kappa shape index (κ1) is 13.1. The molecule has 1 aliphatic heterocycles. The number of likely N-dealkylation sites (tertiary alicyclic amines) is 1. The summed E-state index contributed by atoms with van der Waals surface area (Å²) in [5.74, 6) is -0.691. The van der Waals surface area contributed by atoms with Crippen molar-refractivity contribution in [3.63, 3.8) is 0 Å². The second kappa shape index (κ2) is 5.11. The zero-order valence-corrected chi connectivity index (χ0v) is 11.3. The van der Waals surface area contributed by atoms with Gasteiger partial charge in [-0.25, -0.2) is 0 Å². The number of benzene rings is 1. The molecule has 0 spiro atoms. The molecule has 1 fully saturated rings. The number of carbonyl (C=O) groups is 1. The van der Waals surface area contributed by atoms with Crippen molar-refractivity contribution in [2.24, 2.45) is 0 Å². The van der Waals surface area contributed by atoms with Gasteiger partial charge >= 0.3 is 5.97 Å². The summed E-state index contributed by atoms with van der Waals surface area (Å²) in [7, 11) is 0. The lowest BCUT2D eigenvalue weighted by atomic mass is 10.0. The van der Waals surface area contributed by atoms with Crippen molar-refractivity contribution < 1.29 is 9.90 Å². The summed E-state index contributed by atoms with van der Waals surface area (Å²) in [4.78, 5) is 13.3. The molecule has 3 nitrogen and oxygen atoms in total. The minimum atomic E-state index is -0.691. The molecule has 1 aromatic rings. The van der Waals surface area contributed by atoms with E-state index in [1.54, 1.807) is 0 Å². The van der Waals surface area contributed by atoms with Crippen LogP contribution in [-0.4, -0.2) is 28.6 Å². The Balaban J connectivity index is 2.24. The standard InChI is InChI=1S/C15H21NO2/c1-10-7-11(2)9-13(8-10)12(3)16-6-4-5-14(16)15(17)18/h7-9,12,14H,4-6H2,1-3H3,(H,17,18). The van der Waals surface area contributed by atoms with E-state index in [0.717, 1.165) is 19.4 Å². The van der Waals surface area contributed by atoms with E-state index in [1.165, 1.54) is 16.7 Å². The molecular weight excluding hydrogens is 226 g/mol. The van der Waals surface area contributed by atoms with Crippen molar-refractivity contribution in [2.75, 3.05) is 6.54 Å². The summed E-state index contributed by atoms with van der Waals surface area (Å²) in [5.41, 5.74) is 3.70. The van der Waals surface area contributed by atoms with Gasteiger partial charge in [-0.05, 0) is 45.7 Å². The minimum Gasteiger partial charge on any atom is -0.480 e. The molecule has 0 saturated carbocycles. The number of aliphatic carboxylic acids is 1. The fourth-order valence-corrected chi connectivity index (χ4v) is 2.96. The largest absolute Gasteiger partial charge is 0.480 e. The van der Waals surface area contributed by atoms with Crippen molar-refractivity contribution in [3.05, 3.63) is 34.9 Å². The monoisotopic (exact) mass is 247 g/mol. The maximum atomic E-state index is 11.2. The summed E-state index contributed by atoms with van der Waals surface area (Å²) in [6.07, 6.45) is 1.75. The number of nitrogens with zero attached hydrogens (tertiary/aromatic N) is 1. The lowest BCUT2D eigenvalue weighted by Crippen LogP contribution is -2.37. The van der Waals surface area contributed by atoms with Crippen LogP contribution in [0.2, 0.25) is 0 Å². The van der Waals surface area contributed by atoms with Gasteiger partial charge in [0.2, 0.25) is 0 Å². The average Bonchev–Trinajstić information content (AvgIpc) is 2.75. The number of hydrogen-bond donors (Lipinski definition) is 1. The van der Waals surface area contributed by atoms with Crippen LogP contribution in [0.1, 0.15) is 42.5 Å². The topological polar surface area (TPSA) is 40.5 Å². The Kier molecular flexibility index (Phi) is 3.71. The molecule has 1 N–H and O–H groups in total. The molecule has 0 aromatic heterocycles. The van der Waals surface area contributed by atoms with Gasteiger partial charge in [-0.15, -0.1) is 0 Å². The van der Waals surface area contributed by atoms with Crippen molar-refractivity contribution in [2.45, 2.75) is 45.7 Å². The SMILES string of the molecule is Cc1cc(C)cc(C(C)N2CCCC2C(=O)O)c1. The van der Waals surface area contributed by atoms with Crippen LogP contribution in [0.5, 0.6) is 0 Å². The molecule has 0 aliphatic carbocycles. The van der Waals surface area contributed by atoms with Crippen LogP contribution in [0.4, 0.5) is 0 Å². The van der Waals surface area contributed by atoms with Crippen LogP contribution in [-0.2, 0) is 4.79 Å². The van der Waals surface area contributed by atoms with Gasteiger partial charge in [-0.1, -0.05) is 29.3 Å². The molecule has 2 atom stereocenters. The second-order valence-electron chi connectivity index (χ2n) is 5.33. The third-order valence-electron chi connectivity index (χ3n) is 3.80. The lowest BCUT2D eigenvalue weighted by molar-refractivity contribution is -0.142. The van der Waals surface area contributed by atoms with E-state index in [9.17, 15) is 9.90 Å². The Morgan fingerprint density at radius 3 is 2.50 bits per heavy atom. The number of rotatable bonds is 3. The molecule has 18 heavy (non-hydrogen) atoms. The number of carboxylic acids is 1. The van der Waals surface area contributed by atoms with E-state index in [0.29, 0.717) is 0 Å². The second-order valence-corrected chi connectivity index (χ2v) is 5.33. The molecule has 1 heterocycles. The molecule has 2 unspecified atom stereocenters. The smallest absolute Gasteiger partial charge is 0.320 e. The van der Waals surface area contributed by atoms with Crippen molar-refractivity contribution >= 4 is 5.97 Å². The van der Waals surface area contributed by atoms with E-state index < -0.39 is 5.97 Å². The highest BCUT2D eigenvalue weighted by Crippen LogP contribution is 2.30. The summed E-state index contributed by atoms with van der Waals surface area (Å²) < 4.78 is 0. The Morgan fingerprint density at radius 2 is 1.94 bits per heavy atom. The van der Waals surface area contributed by atoms with Crippen LogP contribution in [0.3, 0.4) is 0 Å². The molecule has 1 aromatic carbocycles. The fourth-order valence-electron chi connectivity index (χ4n) is 2.96. The van der Waals surface area contributed by atoms with Crippen molar-refractivity contribution in [1.29, 1.82) is 0 Å². The van der Waals surface area contributed by atoms with Gasteiger partial charge in [0.05, 0.1) is 0 Å². The fraction of sp³-hybridized carbons (Fsp3) is 0.533. The van der Waals surface area contributed by atoms with Crippen LogP contribution >= 0.6 is 0 Å². The molecule has 1 saturated heterocycles. The Morgan fingerprint density at radius 1 is 1.33 bits per heavy atom. The molecule has 1 aliphatic rings. The van der Waals surface area contributed by atoms with E-state index in [-0.39, 0.29) is 12.1 Å². The number of carboxylic acid groups (broad SMARTS) is 1. The number of aryl methyl sites for hydroxylation is 2. The molecule has 0 amide bonds. The van der Waals surface area contributed by atoms with E-state index in [2.05, 4.69) is 43.9 Å². The highest BCUT2D eigenvalue weighted by molar-refractivity contribution is 5.73. The highest BCUT2D eigenvalue weighted by Gasteiger charge is 2.34. The molecule has 2 rings (SSSR count). The van der Waals surface area contributed by atoms with E-state index >= 15 is 0 Å². The van der Waals surface area contributed by atoms with Crippen LogP contribution in [0, 0.1) is 13.8 Å². The molecule has 3 heteroatoms. The van der Waals surface area contributed by atoms with Gasteiger partial charge < -0.3 is 5.11 Å². The minimum absolute atomic E-state index is 0.173. The zero-order valence-electron chi connectivity index (χ0n) is 11.3. The predicted octanol–water partition coefficient (Wildman–Crippen LogP) is 2.91. The first-order valence-corrected chi connectivity index (χ1v) is 6.56. The Labute approximate surface area is 108 Å². The lowest BCUT2D eigenvalue weighted by Gasteiger charge is -2.29. The summed E-state index contributed by atoms with van der Waals surface area (Å²) in [5, 5.41) is 9.25. The van der Waals surface area contributed by atoms with Crippen molar-refractivity contribution in [3.8, 4) is 0 Å². The first-order valence-electron chi connectivity index (χ1n) is 6.56. The van der Waals surface area contributed by atoms with Gasteiger partial charge in [0, 0.05) is 6.04 Å². The summed E-state index contributed by atoms with van der Waals surface area (Å²) in [6.45, 7) is 7.16. The third-order valence-corrected chi connectivity index (χ3v) is 3.80. The molecular formula is C15H21NO2. The van der Waals surface area contributed by atoms with Gasteiger partial charge in [0.15, 0.2) is 0 Å². The van der Waals surface area contributed by atoms with E-state index in [4.69, 9.17) is 0 Å². The normalized spacial score (nSPS) is 22.1. The summed E-state index contributed by atoms with van der Waals surface area (Å²) in [6, 6.07) is 6.33. The maximum absolute atomic E-state index is 11.2. The van der Waals surface area contributed by atoms with Gasteiger partial charge in [-0.3, -0.25) is 9.69 Å². The molecule has 0 bridgehead atoms. The van der Waals surface area contributed by atoms with Crippen LogP contribution < -0.4 is 0 Å². The number of hydrogen-bond acceptors (Lipinski definition) is 2. The quantitative estimate of drug-likeness (QED) is 0.892. The Hall–Kier alpha value is -1.35. The zero-order chi connectivity index (χ0) is 13.3. The summed E-state index contributed by atoms with van der Waals surface area (Å²) >= 11 is 0. The third kappa shape index (κ3) is 2.56. The predicted molar refractivity (Wildman–Crippen MR) is 71.7 cm³/mol.